The van der Waals surface area contributed by atoms with E-state index < -0.39 is 0 Å². The van der Waals surface area contributed by atoms with E-state index in [4.69, 9.17) is 4.74 Å². The smallest absolute Gasteiger partial charge is 0.273 e. The Morgan fingerprint density at radius 1 is 1.32 bits per heavy atom. The molecule has 1 N–H and O–H groups in total. The predicted molar refractivity (Wildman–Crippen MR) is 104 cm³/mol. The Morgan fingerprint density at radius 2 is 2.18 bits per heavy atom. The van der Waals surface area contributed by atoms with Gasteiger partial charge in [0.2, 0.25) is 0 Å². The number of halogens is 1. The molecule has 3 rings (SSSR count). The summed E-state index contributed by atoms with van der Waals surface area (Å²) in [6.07, 6.45) is 5.20. The van der Waals surface area contributed by atoms with Crippen LogP contribution in [0.1, 0.15) is 33.8 Å². The molecule has 0 bridgehead atoms. The van der Waals surface area contributed by atoms with Crippen molar-refractivity contribution in [3.63, 3.8) is 0 Å². The number of hydrogen-bond donors (Lipinski definition) is 1. The highest BCUT2D eigenvalue weighted by atomic mass is 35.5. The SMILES string of the molecule is COCCNC(=O)c1cn(C[C@@H]2CCCN(C(=O)c3ccccn3)C2)nn1.Cl. The van der Waals surface area contributed by atoms with Gasteiger partial charge in [-0.3, -0.25) is 19.3 Å². The van der Waals surface area contributed by atoms with Crippen LogP contribution in [0.3, 0.4) is 0 Å². The number of ether oxygens (including phenoxy) is 1. The van der Waals surface area contributed by atoms with Gasteiger partial charge in [0, 0.05) is 39.5 Å². The summed E-state index contributed by atoms with van der Waals surface area (Å²) in [6, 6.07) is 5.34. The van der Waals surface area contributed by atoms with Gasteiger partial charge in [-0.2, -0.15) is 0 Å². The highest BCUT2D eigenvalue weighted by molar-refractivity contribution is 5.92. The van der Waals surface area contributed by atoms with Crippen LogP contribution in [0.4, 0.5) is 0 Å². The summed E-state index contributed by atoms with van der Waals surface area (Å²) in [4.78, 5) is 30.5. The Hall–Kier alpha value is -2.52. The maximum Gasteiger partial charge on any atom is 0.273 e. The van der Waals surface area contributed by atoms with Crippen LogP contribution in [0.5, 0.6) is 0 Å². The van der Waals surface area contributed by atoms with E-state index in [1.165, 1.54) is 0 Å². The van der Waals surface area contributed by atoms with Gasteiger partial charge in [0.25, 0.3) is 11.8 Å². The summed E-state index contributed by atoms with van der Waals surface area (Å²) < 4.78 is 6.57. The second-order valence-corrected chi connectivity index (χ2v) is 6.55. The monoisotopic (exact) mass is 408 g/mol. The third kappa shape index (κ3) is 5.74. The number of nitrogens with one attached hydrogen (secondary N) is 1. The molecule has 0 radical (unpaired) electrons. The fourth-order valence-corrected chi connectivity index (χ4v) is 3.16. The lowest BCUT2D eigenvalue weighted by atomic mass is 9.97. The predicted octanol–water partition coefficient (Wildman–Crippen LogP) is 1.02. The van der Waals surface area contributed by atoms with Crippen molar-refractivity contribution in [3.05, 3.63) is 42.0 Å². The van der Waals surface area contributed by atoms with Crippen molar-refractivity contribution in [2.24, 2.45) is 5.92 Å². The number of amides is 2. The van der Waals surface area contributed by atoms with Crippen molar-refractivity contribution in [3.8, 4) is 0 Å². The molecular formula is C18H25ClN6O3. The summed E-state index contributed by atoms with van der Waals surface area (Å²) in [5.41, 5.74) is 0.747. The number of likely N-dealkylation sites (tertiary alicyclic amines) is 1. The zero-order chi connectivity index (χ0) is 19.1. The van der Waals surface area contributed by atoms with E-state index in [0.717, 1.165) is 19.4 Å². The molecule has 0 aliphatic carbocycles. The molecule has 1 fully saturated rings. The summed E-state index contributed by atoms with van der Waals surface area (Å²) in [5, 5.41) is 10.7. The molecule has 152 valence electrons. The lowest BCUT2D eigenvalue weighted by molar-refractivity contribution is 0.0653. The number of rotatable bonds is 7. The third-order valence-corrected chi connectivity index (χ3v) is 4.50. The number of aromatic nitrogens is 4. The Kier molecular flexibility index (Phi) is 8.34. The summed E-state index contributed by atoms with van der Waals surface area (Å²) >= 11 is 0. The van der Waals surface area contributed by atoms with E-state index in [2.05, 4.69) is 20.6 Å². The molecular weight excluding hydrogens is 384 g/mol. The van der Waals surface area contributed by atoms with Crippen LogP contribution in [0.15, 0.2) is 30.6 Å². The molecule has 0 unspecified atom stereocenters. The average molecular weight is 409 g/mol. The first-order valence-electron chi connectivity index (χ1n) is 9.05. The zero-order valence-corrected chi connectivity index (χ0v) is 16.6. The summed E-state index contributed by atoms with van der Waals surface area (Å²) in [6.45, 7) is 2.86. The van der Waals surface area contributed by atoms with Gasteiger partial charge in [-0.25, -0.2) is 0 Å². The maximum atomic E-state index is 12.6. The van der Waals surface area contributed by atoms with E-state index in [1.807, 2.05) is 11.0 Å². The van der Waals surface area contributed by atoms with Crippen LogP contribution in [-0.2, 0) is 11.3 Å². The van der Waals surface area contributed by atoms with E-state index >= 15 is 0 Å². The Balaban J connectivity index is 0.00000280. The molecule has 1 atom stereocenters. The Morgan fingerprint density at radius 3 is 2.93 bits per heavy atom. The van der Waals surface area contributed by atoms with Crippen molar-refractivity contribution in [1.29, 1.82) is 0 Å². The number of methoxy groups -OCH3 is 1. The van der Waals surface area contributed by atoms with Crippen LogP contribution in [-0.4, -0.2) is 70.0 Å². The average Bonchev–Trinajstić information content (AvgIpc) is 3.17. The molecule has 0 spiro atoms. The van der Waals surface area contributed by atoms with Gasteiger partial charge in [0.15, 0.2) is 5.69 Å². The molecule has 2 aromatic heterocycles. The van der Waals surface area contributed by atoms with Crippen molar-refractivity contribution in [2.75, 3.05) is 33.4 Å². The van der Waals surface area contributed by atoms with Crippen LogP contribution >= 0.6 is 12.4 Å². The first-order chi connectivity index (χ1) is 13.2. The van der Waals surface area contributed by atoms with Gasteiger partial charge in [0.1, 0.15) is 5.69 Å². The molecule has 3 heterocycles. The first kappa shape index (κ1) is 21.8. The second kappa shape index (κ2) is 10.7. The minimum atomic E-state index is -0.270. The van der Waals surface area contributed by atoms with Gasteiger partial charge in [-0.1, -0.05) is 11.3 Å². The normalized spacial score (nSPS) is 16.3. The molecule has 28 heavy (non-hydrogen) atoms. The molecule has 1 saturated heterocycles. The number of nitrogens with zero attached hydrogens (tertiary/aromatic N) is 5. The molecule has 0 saturated carbocycles. The Bertz CT molecular complexity index is 770. The highest BCUT2D eigenvalue weighted by Crippen LogP contribution is 2.19. The minimum absolute atomic E-state index is 0. The Labute approximate surface area is 169 Å². The molecule has 1 aliphatic rings. The van der Waals surface area contributed by atoms with Crippen LogP contribution in [0.2, 0.25) is 0 Å². The number of hydrogen-bond acceptors (Lipinski definition) is 6. The fraction of sp³-hybridized carbons (Fsp3) is 0.500. The number of carbonyl (C=O) groups is 2. The van der Waals surface area contributed by atoms with Crippen LogP contribution in [0.25, 0.3) is 0 Å². The molecule has 9 nitrogen and oxygen atoms in total. The van der Waals surface area contributed by atoms with Gasteiger partial charge >= 0.3 is 0 Å². The highest BCUT2D eigenvalue weighted by Gasteiger charge is 2.25. The van der Waals surface area contributed by atoms with E-state index in [0.29, 0.717) is 31.9 Å². The van der Waals surface area contributed by atoms with Crippen LogP contribution < -0.4 is 5.32 Å². The van der Waals surface area contributed by atoms with Crippen molar-refractivity contribution < 1.29 is 14.3 Å². The topological polar surface area (TPSA) is 102 Å². The summed E-state index contributed by atoms with van der Waals surface area (Å²) in [7, 11) is 1.58. The molecule has 1 aliphatic heterocycles. The lowest BCUT2D eigenvalue weighted by Gasteiger charge is -2.32. The van der Waals surface area contributed by atoms with Gasteiger partial charge < -0.3 is 15.0 Å². The van der Waals surface area contributed by atoms with Crippen molar-refractivity contribution in [1.82, 2.24) is 30.2 Å². The minimum Gasteiger partial charge on any atom is -0.383 e. The zero-order valence-electron chi connectivity index (χ0n) is 15.8. The fourth-order valence-electron chi connectivity index (χ4n) is 3.16. The maximum absolute atomic E-state index is 12.6. The lowest BCUT2D eigenvalue weighted by Crippen LogP contribution is -2.41. The van der Waals surface area contributed by atoms with E-state index in [-0.39, 0.29) is 35.8 Å². The number of piperidine rings is 1. The van der Waals surface area contributed by atoms with Crippen molar-refractivity contribution >= 4 is 24.2 Å². The first-order valence-corrected chi connectivity index (χ1v) is 9.05. The van der Waals surface area contributed by atoms with Gasteiger partial charge in [-0.15, -0.1) is 17.5 Å². The van der Waals surface area contributed by atoms with Crippen molar-refractivity contribution in [2.45, 2.75) is 19.4 Å². The summed E-state index contributed by atoms with van der Waals surface area (Å²) in [5.74, 6) is -0.0523. The quantitative estimate of drug-likeness (QED) is 0.686. The van der Waals surface area contributed by atoms with E-state index in [1.54, 1.807) is 36.3 Å². The van der Waals surface area contributed by atoms with Gasteiger partial charge in [-0.05, 0) is 30.9 Å². The number of carbonyl (C=O) groups excluding carboxylic acids is 2. The number of pyridine rings is 1. The molecule has 0 aromatic carbocycles. The largest absolute Gasteiger partial charge is 0.383 e. The van der Waals surface area contributed by atoms with Crippen LogP contribution in [0, 0.1) is 5.92 Å². The third-order valence-electron chi connectivity index (χ3n) is 4.50. The van der Waals surface area contributed by atoms with E-state index in [9.17, 15) is 9.59 Å². The standard InChI is InChI=1S/C18H24N6O3.ClH/c1-27-10-8-20-17(25)16-13-24(22-21-16)12-14-5-4-9-23(11-14)18(26)15-6-2-3-7-19-15;/h2-3,6-7,13-14H,4-5,8-12H2,1H3,(H,20,25);1H/t14-;/m1./s1. The molecule has 2 amide bonds. The van der Waals surface area contributed by atoms with Gasteiger partial charge in [0.05, 0.1) is 12.8 Å². The second-order valence-electron chi connectivity index (χ2n) is 6.55. The molecule has 2 aromatic rings. The molecule has 10 heteroatoms.